The molecule has 1 heterocycles. The largest absolute Gasteiger partial charge is 0.343 e. The lowest BCUT2D eigenvalue weighted by Crippen LogP contribution is -2.33. The van der Waals surface area contributed by atoms with E-state index in [2.05, 4.69) is 0 Å². The van der Waals surface area contributed by atoms with Gasteiger partial charge in [0.1, 0.15) is 6.54 Å². The van der Waals surface area contributed by atoms with Crippen LogP contribution < -0.4 is 5.43 Å². The van der Waals surface area contributed by atoms with E-state index in [1.807, 2.05) is 59.0 Å². The smallest absolute Gasteiger partial charge is 0.242 e. The highest BCUT2D eigenvalue weighted by molar-refractivity contribution is 14.1. The molecule has 1 amide bonds. The third-order valence-electron chi connectivity index (χ3n) is 2.43. The normalized spacial score (nSPS) is 10.4. The van der Waals surface area contributed by atoms with Gasteiger partial charge in [0.25, 0.3) is 0 Å². The van der Waals surface area contributed by atoms with Crippen molar-refractivity contribution in [3.8, 4) is 0 Å². The molecule has 0 atom stereocenters. The number of rotatable bonds is 4. The monoisotopic (exact) mass is 460 g/mol. The van der Waals surface area contributed by atoms with Crippen LogP contribution in [0.25, 0.3) is 0 Å². The van der Waals surface area contributed by atoms with Crippen LogP contribution >= 0.6 is 45.2 Å². The van der Waals surface area contributed by atoms with Crippen LogP contribution in [-0.4, -0.2) is 28.5 Å². The molecule has 0 aliphatic heterocycles. The van der Waals surface area contributed by atoms with Crippen LogP contribution in [0.2, 0.25) is 0 Å². The first-order valence-electron chi connectivity index (χ1n) is 5.32. The Morgan fingerprint density at radius 1 is 1.24 bits per heavy atom. The second-order valence-electron chi connectivity index (χ2n) is 3.52. The van der Waals surface area contributed by atoms with E-state index in [0.29, 0.717) is 20.2 Å². The molecule has 6 heteroatoms. The third kappa shape index (κ3) is 3.94. The van der Waals surface area contributed by atoms with Crippen molar-refractivity contribution in [1.29, 1.82) is 0 Å². The van der Waals surface area contributed by atoms with E-state index in [-0.39, 0.29) is 17.9 Å². The highest BCUT2D eigenvalue weighted by Crippen LogP contribution is 2.04. The number of hydrogen-bond acceptors (Lipinski definition) is 2. The van der Waals surface area contributed by atoms with Crippen molar-refractivity contribution < 1.29 is 4.79 Å². The summed E-state index contributed by atoms with van der Waals surface area (Å²) in [7, 11) is 0. The van der Waals surface area contributed by atoms with Gasteiger partial charge in [-0.1, -0.05) is 0 Å². The Morgan fingerprint density at radius 3 is 2.12 bits per heavy atom. The molecule has 0 fully saturated rings. The summed E-state index contributed by atoms with van der Waals surface area (Å²) in [5.74, 6) is 0.0743. The van der Waals surface area contributed by atoms with Crippen LogP contribution in [-0.2, 0) is 11.3 Å². The van der Waals surface area contributed by atoms with Crippen LogP contribution in [0.4, 0.5) is 0 Å². The summed E-state index contributed by atoms with van der Waals surface area (Å²) in [5.41, 5.74) is 0.0257. The molecule has 0 unspecified atom stereocenters. The van der Waals surface area contributed by atoms with E-state index < -0.39 is 0 Å². The highest BCUT2D eigenvalue weighted by Gasteiger charge is 2.11. The predicted octanol–water partition coefficient (Wildman–Crippen LogP) is 1.93. The molecule has 0 saturated carbocycles. The zero-order valence-electron chi connectivity index (χ0n) is 9.74. The Bertz CT molecular complexity index is 441. The van der Waals surface area contributed by atoms with E-state index in [1.165, 1.54) is 0 Å². The molecule has 1 aromatic rings. The number of hydrogen-bond donors (Lipinski definition) is 0. The zero-order chi connectivity index (χ0) is 13.0. The van der Waals surface area contributed by atoms with Gasteiger partial charge in [-0.05, 0) is 59.0 Å². The fourth-order valence-corrected chi connectivity index (χ4v) is 3.30. The van der Waals surface area contributed by atoms with Crippen LogP contribution in [0.5, 0.6) is 0 Å². The molecule has 0 bridgehead atoms. The first kappa shape index (κ1) is 14.9. The van der Waals surface area contributed by atoms with Crippen LogP contribution in [0, 0.1) is 7.14 Å². The Balaban J connectivity index is 2.89. The minimum atomic E-state index is 0.0257. The minimum absolute atomic E-state index is 0.0257. The van der Waals surface area contributed by atoms with Crippen molar-refractivity contribution in [2.45, 2.75) is 20.4 Å². The lowest BCUT2D eigenvalue weighted by Gasteiger charge is -2.19. The van der Waals surface area contributed by atoms with Crippen molar-refractivity contribution in [2.24, 2.45) is 0 Å². The lowest BCUT2D eigenvalue weighted by atomic mass is 10.4. The summed E-state index contributed by atoms with van der Waals surface area (Å²) >= 11 is 3.99. The first-order chi connectivity index (χ1) is 7.99. The molecular weight excluding hydrogens is 446 g/mol. The summed E-state index contributed by atoms with van der Waals surface area (Å²) < 4.78 is 3.05. The molecule has 0 aliphatic rings. The van der Waals surface area contributed by atoms with Gasteiger partial charge in [-0.15, -0.1) is 0 Å². The van der Waals surface area contributed by atoms with Gasteiger partial charge in [-0.2, -0.15) is 0 Å². The molecule has 4 nitrogen and oxygen atoms in total. The van der Waals surface area contributed by atoms with Crippen molar-refractivity contribution in [3.63, 3.8) is 0 Å². The van der Waals surface area contributed by atoms with Crippen molar-refractivity contribution in [1.82, 2.24) is 9.47 Å². The van der Waals surface area contributed by atoms with Gasteiger partial charge < -0.3 is 9.47 Å². The first-order valence-corrected chi connectivity index (χ1v) is 7.48. The fraction of sp³-hybridized carbons (Fsp3) is 0.455. The number of likely N-dealkylation sites (N-methyl/N-ethyl adjacent to an activating group) is 1. The Labute approximate surface area is 128 Å². The molecule has 0 aliphatic carbocycles. The minimum Gasteiger partial charge on any atom is -0.343 e. The second kappa shape index (κ2) is 6.72. The van der Waals surface area contributed by atoms with Crippen molar-refractivity contribution in [2.75, 3.05) is 13.1 Å². The van der Waals surface area contributed by atoms with Gasteiger partial charge in [0.05, 0.1) is 7.14 Å². The molecular formula is C11H14I2N2O2. The Hall–Kier alpha value is -0.120. The zero-order valence-corrected chi connectivity index (χ0v) is 14.1. The molecule has 94 valence electrons. The molecule has 0 spiro atoms. The van der Waals surface area contributed by atoms with Crippen molar-refractivity contribution in [3.05, 3.63) is 29.8 Å². The number of pyridine rings is 1. The van der Waals surface area contributed by atoms with Crippen LogP contribution in [0.3, 0.4) is 0 Å². The lowest BCUT2D eigenvalue weighted by molar-refractivity contribution is -0.131. The predicted molar refractivity (Wildman–Crippen MR) is 84.1 cm³/mol. The molecule has 0 aromatic carbocycles. The number of carbonyl (C=O) groups excluding carboxylic acids is 1. The van der Waals surface area contributed by atoms with Gasteiger partial charge in [0, 0.05) is 25.5 Å². The molecule has 17 heavy (non-hydrogen) atoms. The van der Waals surface area contributed by atoms with E-state index >= 15 is 0 Å². The summed E-state index contributed by atoms with van der Waals surface area (Å²) in [6, 6.07) is 0. The maximum atomic E-state index is 11.9. The maximum absolute atomic E-state index is 11.9. The van der Waals surface area contributed by atoms with Gasteiger partial charge in [-0.25, -0.2) is 0 Å². The average Bonchev–Trinajstić information content (AvgIpc) is 2.27. The summed E-state index contributed by atoms with van der Waals surface area (Å²) in [5, 5.41) is 0. The molecule has 1 aromatic heterocycles. The molecule has 1 rings (SSSR count). The van der Waals surface area contributed by atoms with E-state index in [0.717, 1.165) is 0 Å². The SMILES string of the molecule is CCN(CC)C(=O)Cn1cc(I)c(=O)c(I)c1. The third-order valence-corrected chi connectivity index (χ3v) is 3.96. The Morgan fingerprint density at radius 2 is 1.71 bits per heavy atom. The maximum Gasteiger partial charge on any atom is 0.242 e. The number of nitrogens with zero attached hydrogens (tertiary/aromatic N) is 2. The standard InChI is InChI=1S/C11H14I2N2O2/c1-3-15(4-2)10(16)7-14-5-8(12)11(17)9(13)6-14/h5-6H,3-4,7H2,1-2H3. The molecule has 0 radical (unpaired) electrons. The number of amides is 1. The van der Waals surface area contributed by atoms with Gasteiger partial charge in [0.2, 0.25) is 11.3 Å². The summed E-state index contributed by atoms with van der Waals surface area (Å²) in [6.07, 6.45) is 3.43. The Kier molecular flexibility index (Phi) is 5.90. The number of aromatic nitrogens is 1. The molecule has 0 N–H and O–H groups in total. The van der Waals surface area contributed by atoms with E-state index in [9.17, 15) is 9.59 Å². The quantitative estimate of drug-likeness (QED) is 0.645. The molecule has 0 saturated heterocycles. The van der Waals surface area contributed by atoms with Crippen molar-refractivity contribution >= 4 is 51.1 Å². The highest BCUT2D eigenvalue weighted by atomic mass is 127. The van der Waals surface area contributed by atoms with Crippen LogP contribution in [0.15, 0.2) is 17.2 Å². The number of carbonyl (C=O) groups is 1. The van der Waals surface area contributed by atoms with Gasteiger partial charge in [-0.3, -0.25) is 9.59 Å². The summed E-state index contributed by atoms with van der Waals surface area (Å²) in [4.78, 5) is 25.2. The number of halogens is 2. The van der Waals surface area contributed by atoms with E-state index in [1.54, 1.807) is 21.9 Å². The van der Waals surface area contributed by atoms with Gasteiger partial charge in [0.15, 0.2) is 0 Å². The second-order valence-corrected chi connectivity index (χ2v) is 5.85. The average molecular weight is 460 g/mol. The fourth-order valence-electron chi connectivity index (χ4n) is 1.48. The topological polar surface area (TPSA) is 42.3 Å². The van der Waals surface area contributed by atoms with Gasteiger partial charge >= 0.3 is 0 Å². The van der Waals surface area contributed by atoms with E-state index in [4.69, 9.17) is 0 Å². The summed E-state index contributed by atoms with van der Waals surface area (Å²) in [6.45, 7) is 5.63. The van der Waals surface area contributed by atoms with Crippen LogP contribution in [0.1, 0.15) is 13.8 Å².